The molecule has 1 rings (SSSR count). The van der Waals surface area contributed by atoms with Crippen LogP contribution in [0.5, 0.6) is 0 Å². The van der Waals surface area contributed by atoms with Crippen molar-refractivity contribution in [2.75, 3.05) is 0 Å². The van der Waals surface area contributed by atoms with Crippen LogP contribution in [-0.4, -0.2) is 25.5 Å². The molecule has 0 heterocycles. The first-order valence-corrected chi connectivity index (χ1v) is 16.1. The topological polar surface area (TPSA) is 46.5 Å². The van der Waals surface area contributed by atoms with E-state index in [1.807, 2.05) is 0 Å². The van der Waals surface area contributed by atoms with Crippen molar-refractivity contribution < 1.29 is 14.3 Å². The Bertz CT molecular complexity index is 600. The highest BCUT2D eigenvalue weighted by Crippen LogP contribution is 2.38. The number of hydrogen-bond acceptors (Lipinski definition) is 2. The molecule has 186 valence electrons. The van der Waals surface area contributed by atoms with Gasteiger partial charge in [-0.15, -0.1) is 0 Å². The van der Waals surface area contributed by atoms with Crippen molar-refractivity contribution >= 4 is 14.3 Å². The SMILES string of the molecule is CCCCC(C)CCC=C[C@H]1CCC=C1CCCCCC(O[Si](C)(C)C(C)(C)C)C(=O)O. The van der Waals surface area contributed by atoms with E-state index in [2.05, 4.69) is 65.9 Å². The molecule has 0 radical (unpaired) electrons. The Balaban J connectivity index is 2.33. The molecule has 0 spiro atoms. The lowest BCUT2D eigenvalue weighted by Gasteiger charge is -2.38. The second-order valence-corrected chi connectivity index (χ2v) is 16.3. The smallest absolute Gasteiger partial charge is 0.331 e. The van der Waals surface area contributed by atoms with Gasteiger partial charge in [-0.2, -0.15) is 0 Å². The molecule has 1 N–H and O–H groups in total. The summed E-state index contributed by atoms with van der Waals surface area (Å²) in [5, 5.41) is 9.66. The Morgan fingerprint density at radius 1 is 1.19 bits per heavy atom. The zero-order valence-electron chi connectivity index (χ0n) is 22.2. The lowest BCUT2D eigenvalue weighted by molar-refractivity contribution is -0.146. The number of unbranched alkanes of at least 4 members (excludes halogenated alkanes) is 3. The summed E-state index contributed by atoms with van der Waals surface area (Å²) in [6, 6.07) is 0. The second-order valence-electron chi connectivity index (χ2n) is 11.5. The third kappa shape index (κ3) is 10.8. The van der Waals surface area contributed by atoms with E-state index >= 15 is 0 Å². The minimum absolute atomic E-state index is 0.0335. The van der Waals surface area contributed by atoms with E-state index in [0.29, 0.717) is 12.3 Å². The standard InChI is InChI=1S/C28H52O3Si/c1-8-9-16-23(2)17-13-14-19-25-21-15-20-24(25)18-11-10-12-22-26(27(29)30)31-32(6,7)28(3,4)5/h14,19-20,23,25-26H,8-13,15-18,21-22H2,1-7H3,(H,29,30)/t23?,25-,26?/m0/s1. The van der Waals surface area contributed by atoms with Crippen molar-refractivity contribution in [3.8, 4) is 0 Å². The minimum Gasteiger partial charge on any atom is -0.479 e. The monoisotopic (exact) mass is 464 g/mol. The van der Waals surface area contributed by atoms with Crippen LogP contribution < -0.4 is 0 Å². The van der Waals surface area contributed by atoms with Gasteiger partial charge in [-0.05, 0) is 74.9 Å². The van der Waals surface area contributed by atoms with Gasteiger partial charge >= 0.3 is 5.97 Å². The van der Waals surface area contributed by atoms with Crippen LogP contribution in [0.3, 0.4) is 0 Å². The van der Waals surface area contributed by atoms with Gasteiger partial charge in [0.05, 0.1) is 0 Å². The Morgan fingerprint density at radius 3 is 2.53 bits per heavy atom. The summed E-state index contributed by atoms with van der Waals surface area (Å²) in [7, 11) is -2.06. The molecular formula is C28H52O3Si. The van der Waals surface area contributed by atoms with E-state index in [1.165, 1.54) is 44.9 Å². The highest BCUT2D eigenvalue weighted by Gasteiger charge is 2.40. The predicted octanol–water partition coefficient (Wildman–Crippen LogP) is 8.91. The fraction of sp³-hybridized carbons (Fsp3) is 0.821. The number of aliphatic carboxylic acids is 1. The van der Waals surface area contributed by atoms with E-state index in [4.69, 9.17) is 4.43 Å². The highest BCUT2D eigenvalue weighted by molar-refractivity contribution is 6.74. The van der Waals surface area contributed by atoms with Gasteiger partial charge in [-0.25, -0.2) is 4.79 Å². The van der Waals surface area contributed by atoms with E-state index in [0.717, 1.165) is 31.6 Å². The summed E-state index contributed by atoms with van der Waals surface area (Å²) >= 11 is 0. The largest absolute Gasteiger partial charge is 0.479 e. The van der Waals surface area contributed by atoms with Crippen molar-refractivity contribution in [3.63, 3.8) is 0 Å². The number of carboxylic acids is 1. The van der Waals surface area contributed by atoms with Crippen molar-refractivity contribution in [2.24, 2.45) is 11.8 Å². The number of hydrogen-bond donors (Lipinski definition) is 1. The number of allylic oxidation sites excluding steroid dienone is 4. The van der Waals surface area contributed by atoms with E-state index in [9.17, 15) is 9.90 Å². The summed E-state index contributed by atoms with van der Waals surface area (Å²) in [5.74, 6) is 0.672. The first-order valence-electron chi connectivity index (χ1n) is 13.2. The maximum Gasteiger partial charge on any atom is 0.331 e. The van der Waals surface area contributed by atoms with Crippen LogP contribution in [0.2, 0.25) is 18.1 Å². The normalized spacial score (nSPS) is 19.3. The molecule has 0 saturated heterocycles. The molecule has 0 aromatic rings. The van der Waals surface area contributed by atoms with Crippen LogP contribution >= 0.6 is 0 Å². The lowest BCUT2D eigenvalue weighted by Crippen LogP contribution is -2.46. The minimum atomic E-state index is -2.06. The van der Waals surface area contributed by atoms with E-state index < -0.39 is 20.4 Å². The fourth-order valence-electron chi connectivity index (χ4n) is 4.23. The summed E-state index contributed by atoms with van der Waals surface area (Å²) in [6.07, 6.45) is 20.6. The van der Waals surface area contributed by atoms with E-state index in [-0.39, 0.29) is 5.04 Å². The van der Waals surface area contributed by atoms with Gasteiger partial charge < -0.3 is 9.53 Å². The van der Waals surface area contributed by atoms with Gasteiger partial charge in [0.15, 0.2) is 8.32 Å². The lowest BCUT2D eigenvalue weighted by atomic mass is 9.94. The van der Waals surface area contributed by atoms with Gasteiger partial charge in [-0.1, -0.05) is 90.5 Å². The molecule has 0 aliphatic heterocycles. The van der Waals surface area contributed by atoms with Crippen LogP contribution in [0.4, 0.5) is 0 Å². The molecule has 0 amide bonds. The molecule has 0 aromatic carbocycles. The molecule has 1 aliphatic rings. The number of rotatable bonds is 16. The Morgan fingerprint density at radius 2 is 1.91 bits per heavy atom. The molecule has 2 unspecified atom stereocenters. The average Bonchev–Trinajstić information content (AvgIpc) is 3.14. The number of carbonyl (C=O) groups is 1. The number of carboxylic acid groups (broad SMARTS) is 1. The third-order valence-corrected chi connectivity index (χ3v) is 12.0. The molecule has 0 bridgehead atoms. The van der Waals surface area contributed by atoms with Crippen LogP contribution in [0.15, 0.2) is 23.8 Å². The molecule has 0 saturated carbocycles. The van der Waals surface area contributed by atoms with Crippen molar-refractivity contribution in [1.29, 1.82) is 0 Å². The van der Waals surface area contributed by atoms with Crippen molar-refractivity contribution in [1.82, 2.24) is 0 Å². The second kappa shape index (κ2) is 14.4. The zero-order valence-corrected chi connectivity index (χ0v) is 23.2. The van der Waals surface area contributed by atoms with Crippen molar-refractivity contribution in [3.05, 3.63) is 23.8 Å². The molecule has 4 heteroatoms. The van der Waals surface area contributed by atoms with E-state index in [1.54, 1.807) is 5.57 Å². The maximum atomic E-state index is 11.7. The highest BCUT2D eigenvalue weighted by atomic mass is 28.4. The Hall–Kier alpha value is -0.873. The van der Waals surface area contributed by atoms with Gasteiger partial charge in [0, 0.05) is 0 Å². The van der Waals surface area contributed by atoms with Crippen LogP contribution in [-0.2, 0) is 9.22 Å². The van der Waals surface area contributed by atoms with Gasteiger partial charge in [-0.3, -0.25) is 0 Å². The first kappa shape index (κ1) is 29.2. The van der Waals surface area contributed by atoms with Crippen LogP contribution in [0.1, 0.15) is 112 Å². The first-order chi connectivity index (χ1) is 15.0. The molecular weight excluding hydrogens is 412 g/mol. The van der Waals surface area contributed by atoms with Gasteiger partial charge in [0.1, 0.15) is 6.10 Å². The summed E-state index contributed by atoms with van der Waals surface area (Å²) in [4.78, 5) is 11.7. The van der Waals surface area contributed by atoms with Gasteiger partial charge in [0.2, 0.25) is 0 Å². The van der Waals surface area contributed by atoms with Gasteiger partial charge in [0.25, 0.3) is 0 Å². The molecule has 0 aromatic heterocycles. The molecule has 3 nitrogen and oxygen atoms in total. The quantitative estimate of drug-likeness (QED) is 0.141. The molecule has 1 aliphatic carbocycles. The van der Waals surface area contributed by atoms with Crippen LogP contribution in [0, 0.1) is 11.8 Å². The third-order valence-electron chi connectivity index (χ3n) is 7.56. The molecule has 32 heavy (non-hydrogen) atoms. The predicted molar refractivity (Wildman–Crippen MR) is 141 cm³/mol. The Kier molecular flexibility index (Phi) is 13.1. The average molecular weight is 465 g/mol. The maximum absolute atomic E-state index is 11.7. The molecule has 3 atom stereocenters. The van der Waals surface area contributed by atoms with Crippen LogP contribution in [0.25, 0.3) is 0 Å². The zero-order chi connectivity index (χ0) is 24.2. The van der Waals surface area contributed by atoms with Crippen molar-refractivity contribution in [2.45, 2.75) is 136 Å². The summed E-state index contributed by atoms with van der Waals surface area (Å²) < 4.78 is 6.17. The fourth-order valence-corrected chi connectivity index (χ4v) is 5.51. The summed E-state index contributed by atoms with van der Waals surface area (Å²) in [6.45, 7) is 15.4. The summed E-state index contributed by atoms with van der Waals surface area (Å²) in [5.41, 5.74) is 1.60. The molecule has 0 fully saturated rings. The Labute approximate surface area is 200 Å².